The Kier molecular flexibility index (Phi) is 5.18. The molecule has 86 valence electrons. The normalized spacial score (nSPS) is 11.1. The summed E-state index contributed by atoms with van der Waals surface area (Å²) >= 11 is 0. The van der Waals surface area contributed by atoms with Crippen LogP contribution in [0.15, 0.2) is 12.3 Å². The molecule has 0 spiro atoms. The number of nitrogens with two attached hydrogens (primary N) is 1. The Labute approximate surface area is 91.4 Å². The standard InChI is InChI=1S/C11H21N3O/c1-10(2)4-3-8-15-9-7-14-6-5-11(12)13-14/h5-6,10H,3-4,7-9H2,1-2H3,(H2,12,13). The van der Waals surface area contributed by atoms with Crippen molar-refractivity contribution in [2.75, 3.05) is 18.9 Å². The van der Waals surface area contributed by atoms with E-state index in [-0.39, 0.29) is 0 Å². The van der Waals surface area contributed by atoms with Gasteiger partial charge >= 0.3 is 0 Å². The molecule has 4 nitrogen and oxygen atoms in total. The van der Waals surface area contributed by atoms with Gasteiger partial charge in [-0.25, -0.2) is 0 Å². The van der Waals surface area contributed by atoms with E-state index < -0.39 is 0 Å². The molecular formula is C11H21N3O. The molecular weight excluding hydrogens is 190 g/mol. The van der Waals surface area contributed by atoms with Crippen molar-refractivity contribution in [3.05, 3.63) is 12.3 Å². The molecule has 1 rings (SSSR count). The highest BCUT2D eigenvalue weighted by molar-refractivity contribution is 5.23. The van der Waals surface area contributed by atoms with Crippen LogP contribution in [0.3, 0.4) is 0 Å². The van der Waals surface area contributed by atoms with E-state index in [2.05, 4.69) is 18.9 Å². The van der Waals surface area contributed by atoms with E-state index in [0.29, 0.717) is 12.4 Å². The van der Waals surface area contributed by atoms with Gasteiger partial charge in [0.15, 0.2) is 0 Å². The number of nitrogen functional groups attached to an aromatic ring is 1. The van der Waals surface area contributed by atoms with E-state index in [9.17, 15) is 0 Å². The predicted molar refractivity (Wildman–Crippen MR) is 61.5 cm³/mol. The first-order chi connectivity index (χ1) is 7.18. The van der Waals surface area contributed by atoms with Crippen LogP contribution < -0.4 is 5.73 Å². The van der Waals surface area contributed by atoms with Gasteiger partial charge in [-0.2, -0.15) is 5.10 Å². The average molecular weight is 211 g/mol. The number of ether oxygens (including phenoxy) is 1. The summed E-state index contributed by atoms with van der Waals surface area (Å²) in [5, 5.41) is 4.07. The SMILES string of the molecule is CC(C)CCCOCCn1ccc(N)n1. The predicted octanol–water partition coefficient (Wildman–Crippen LogP) is 1.92. The number of rotatable bonds is 7. The summed E-state index contributed by atoms with van der Waals surface area (Å²) in [6, 6.07) is 1.79. The molecule has 1 aromatic heterocycles. The third-order valence-corrected chi connectivity index (χ3v) is 2.20. The van der Waals surface area contributed by atoms with Gasteiger partial charge in [-0.3, -0.25) is 4.68 Å². The van der Waals surface area contributed by atoms with Gasteiger partial charge in [-0.15, -0.1) is 0 Å². The van der Waals surface area contributed by atoms with E-state index in [1.807, 2.05) is 6.20 Å². The van der Waals surface area contributed by atoms with Crippen LogP contribution in [0.2, 0.25) is 0 Å². The van der Waals surface area contributed by atoms with Crippen molar-refractivity contribution in [3.8, 4) is 0 Å². The Morgan fingerprint density at radius 2 is 2.27 bits per heavy atom. The fourth-order valence-corrected chi connectivity index (χ4v) is 1.36. The van der Waals surface area contributed by atoms with Crippen molar-refractivity contribution in [3.63, 3.8) is 0 Å². The van der Waals surface area contributed by atoms with Crippen LogP contribution in [0, 0.1) is 5.92 Å². The maximum Gasteiger partial charge on any atom is 0.145 e. The highest BCUT2D eigenvalue weighted by atomic mass is 16.5. The summed E-state index contributed by atoms with van der Waals surface area (Å²) in [6.07, 6.45) is 4.24. The minimum atomic E-state index is 0.565. The van der Waals surface area contributed by atoms with Crippen LogP contribution in [0.25, 0.3) is 0 Å². The summed E-state index contributed by atoms with van der Waals surface area (Å²) < 4.78 is 7.30. The number of aromatic nitrogens is 2. The van der Waals surface area contributed by atoms with Crippen LogP contribution >= 0.6 is 0 Å². The van der Waals surface area contributed by atoms with Crippen LogP contribution in [0.1, 0.15) is 26.7 Å². The molecule has 0 aliphatic rings. The van der Waals surface area contributed by atoms with Crippen LogP contribution in [-0.4, -0.2) is 23.0 Å². The largest absolute Gasteiger partial charge is 0.382 e. The molecule has 0 atom stereocenters. The van der Waals surface area contributed by atoms with Gasteiger partial charge in [-0.05, 0) is 24.8 Å². The first-order valence-corrected chi connectivity index (χ1v) is 5.55. The molecule has 15 heavy (non-hydrogen) atoms. The van der Waals surface area contributed by atoms with E-state index in [4.69, 9.17) is 10.5 Å². The molecule has 0 saturated heterocycles. The van der Waals surface area contributed by atoms with E-state index in [0.717, 1.165) is 25.5 Å². The van der Waals surface area contributed by atoms with Crippen LogP contribution in [0.5, 0.6) is 0 Å². The maximum absolute atomic E-state index is 5.50. The van der Waals surface area contributed by atoms with E-state index >= 15 is 0 Å². The topological polar surface area (TPSA) is 53.1 Å². The second-order valence-corrected chi connectivity index (χ2v) is 4.15. The number of nitrogens with zero attached hydrogens (tertiary/aromatic N) is 2. The second kappa shape index (κ2) is 6.45. The summed E-state index contributed by atoms with van der Waals surface area (Å²) in [5.74, 6) is 1.33. The number of anilines is 1. The van der Waals surface area contributed by atoms with Crippen molar-refractivity contribution in [1.82, 2.24) is 9.78 Å². The van der Waals surface area contributed by atoms with Gasteiger partial charge in [0.1, 0.15) is 5.82 Å². The molecule has 0 aliphatic carbocycles. The molecule has 0 aliphatic heterocycles. The molecule has 0 unspecified atom stereocenters. The Hall–Kier alpha value is -1.03. The van der Waals surface area contributed by atoms with E-state index in [1.54, 1.807) is 10.7 Å². The van der Waals surface area contributed by atoms with Crippen molar-refractivity contribution in [2.45, 2.75) is 33.2 Å². The third-order valence-electron chi connectivity index (χ3n) is 2.20. The molecule has 0 amide bonds. The van der Waals surface area contributed by atoms with Gasteiger partial charge in [0, 0.05) is 12.8 Å². The monoisotopic (exact) mass is 211 g/mol. The van der Waals surface area contributed by atoms with Gasteiger partial charge in [0.25, 0.3) is 0 Å². The second-order valence-electron chi connectivity index (χ2n) is 4.15. The summed E-state index contributed by atoms with van der Waals surface area (Å²) in [5.41, 5.74) is 5.49. The number of hydrogen-bond acceptors (Lipinski definition) is 3. The minimum Gasteiger partial charge on any atom is -0.382 e. The Morgan fingerprint density at radius 3 is 2.87 bits per heavy atom. The maximum atomic E-state index is 5.50. The summed E-state index contributed by atoms with van der Waals surface area (Å²) in [6.45, 7) is 6.78. The summed E-state index contributed by atoms with van der Waals surface area (Å²) in [4.78, 5) is 0. The van der Waals surface area contributed by atoms with Gasteiger partial charge in [0.2, 0.25) is 0 Å². The lowest BCUT2D eigenvalue weighted by molar-refractivity contribution is 0.118. The zero-order valence-corrected chi connectivity index (χ0v) is 9.65. The summed E-state index contributed by atoms with van der Waals surface area (Å²) in [7, 11) is 0. The Morgan fingerprint density at radius 1 is 1.47 bits per heavy atom. The van der Waals surface area contributed by atoms with Crippen molar-refractivity contribution in [2.24, 2.45) is 5.92 Å². The van der Waals surface area contributed by atoms with E-state index in [1.165, 1.54) is 6.42 Å². The first-order valence-electron chi connectivity index (χ1n) is 5.55. The van der Waals surface area contributed by atoms with Crippen molar-refractivity contribution >= 4 is 5.82 Å². The van der Waals surface area contributed by atoms with Gasteiger partial charge < -0.3 is 10.5 Å². The molecule has 0 aromatic carbocycles. The molecule has 0 fully saturated rings. The first kappa shape index (κ1) is 12.0. The minimum absolute atomic E-state index is 0.565. The van der Waals surface area contributed by atoms with Gasteiger partial charge in [-0.1, -0.05) is 13.8 Å². The lowest BCUT2D eigenvalue weighted by Crippen LogP contribution is -2.08. The smallest absolute Gasteiger partial charge is 0.145 e. The van der Waals surface area contributed by atoms with Crippen molar-refractivity contribution in [1.29, 1.82) is 0 Å². The Balaban J connectivity index is 1.98. The molecule has 2 N–H and O–H groups in total. The molecule has 0 bridgehead atoms. The van der Waals surface area contributed by atoms with Crippen molar-refractivity contribution < 1.29 is 4.74 Å². The molecule has 0 radical (unpaired) electrons. The highest BCUT2D eigenvalue weighted by Gasteiger charge is 1.96. The molecule has 0 saturated carbocycles. The Bertz CT molecular complexity index is 271. The molecule has 1 aromatic rings. The molecule has 1 heterocycles. The third kappa shape index (κ3) is 5.42. The van der Waals surface area contributed by atoms with Gasteiger partial charge in [0.05, 0.1) is 13.2 Å². The average Bonchev–Trinajstić information content (AvgIpc) is 2.57. The quantitative estimate of drug-likeness (QED) is 0.701. The fraction of sp³-hybridized carbons (Fsp3) is 0.727. The fourth-order valence-electron chi connectivity index (χ4n) is 1.36. The lowest BCUT2D eigenvalue weighted by atomic mass is 10.1. The zero-order valence-electron chi connectivity index (χ0n) is 9.65. The number of hydrogen-bond donors (Lipinski definition) is 1. The zero-order chi connectivity index (χ0) is 11.1. The highest BCUT2D eigenvalue weighted by Crippen LogP contribution is 2.03. The van der Waals surface area contributed by atoms with Crippen LogP contribution in [0.4, 0.5) is 5.82 Å². The molecule has 4 heteroatoms. The van der Waals surface area contributed by atoms with Crippen LogP contribution in [-0.2, 0) is 11.3 Å². The lowest BCUT2D eigenvalue weighted by Gasteiger charge is -2.06.